The Labute approximate surface area is 204 Å². The number of amides is 1. The van der Waals surface area contributed by atoms with Crippen LogP contribution in [0, 0.1) is 0 Å². The van der Waals surface area contributed by atoms with Crippen LogP contribution in [0.4, 0.5) is 0 Å². The molecular weight excluding hydrogens is 440 g/mol. The quantitative estimate of drug-likeness (QED) is 0.140. The average Bonchev–Trinajstić information content (AvgIpc) is 2.90. The molecule has 1 heterocycles. The highest BCUT2D eigenvalue weighted by atomic mass is 16.5. The number of nitrogens with zero attached hydrogens (tertiary/aromatic N) is 1. The number of carbonyl (C=O) groups excluding carboxylic acids is 1. The zero-order valence-corrected chi connectivity index (χ0v) is 19.3. The average molecular weight is 467 g/mol. The number of hydroxylamine groups is 1. The lowest BCUT2D eigenvalue weighted by Gasteiger charge is -2.11. The second kappa shape index (κ2) is 11.6. The van der Waals surface area contributed by atoms with Crippen molar-refractivity contribution in [3.8, 4) is 11.5 Å². The van der Waals surface area contributed by atoms with Gasteiger partial charge in [-0.25, -0.2) is 5.48 Å². The molecule has 0 aliphatic heterocycles. The summed E-state index contributed by atoms with van der Waals surface area (Å²) in [5, 5.41) is 10.8. The molecule has 0 fully saturated rings. The summed E-state index contributed by atoms with van der Waals surface area (Å²) in [5.74, 6) is 0.973. The molecule has 6 heteroatoms. The summed E-state index contributed by atoms with van der Waals surface area (Å²) < 4.78 is 12.0. The van der Waals surface area contributed by atoms with E-state index in [2.05, 4.69) is 4.98 Å². The number of para-hydroxylation sites is 1. The van der Waals surface area contributed by atoms with Gasteiger partial charge in [0, 0.05) is 29.4 Å². The third-order valence-corrected chi connectivity index (χ3v) is 5.34. The summed E-state index contributed by atoms with van der Waals surface area (Å²) in [6, 6.07) is 23.8. The van der Waals surface area contributed by atoms with E-state index in [9.17, 15) is 4.79 Å². The Bertz CT molecular complexity index is 1360. The van der Waals surface area contributed by atoms with E-state index >= 15 is 0 Å². The maximum atomic E-state index is 11.2. The number of pyridine rings is 1. The number of fused-ring (bicyclic) bond motifs is 1. The van der Waals surface area contributed by atoms with Crippen molar-refractivity contribution in [2.75, 3.05) is 0 Å². The number of hydrogen-bond donors (Lipinski definition) is 2. The maximum absolute atomic E-state index is 11.2. The van der Waals surface area contributed by atoms with Gasteiger partial charge in [0.25, 0.3) is 5.91 Å². The highest BCUT2D eigenvalue weighted by Gasteiger charge is 2.04. The van der Waals surface area contributed by atoms with E-state index in [0.29, 0.717) is 13.2 Å². The Hall–Kier alpha value is -4.42. The molecule has 0 aliphatic rings. The minimum atomic E-state index is -0.578. The van der Waals surface area contributed by atoms with E-state index in [1.165, 1.54) is 6.08 Å². The topological polar surface area (TPSA) is 80.7 Å². The van der Waals surface area contributed by atoms with Crippen molar-refractivity contribution in [1.82, 2.24) is 10.5 Å². The van der Waals surface area contributed by atoms with Crippen molar-refractivity contribution in [2.45, 2.75) is 20.1 Å². The third kappa shape index (κ3) is 6.79. The van der Waals surface area contributed by atoms with Gasteiger partial charge in [0.2, 0.25) is 0 Å². The maximum Gasteiger partial charge on any atom is 0.267 e. The van der Waals surface area contributed by atoms with Gasteiger partial charge in [-0.2, -0.15) is 0 Å². The van der Waals surface area contributed by atoms with Gasteiger partial charge in [0.1, 0.15) is 24.7 Å². The second-order valence-electron chi connectivity index (χ2n) is 8.01. The Morgan fingerprint density at radius 1 is 0.914 bits per heavy atom. The molecule has 0 aliphatic carbocycles. The summed E-state index contributed by atoms with van der Waals surface area (Å²) in [6.45, 7) is 2.76. The third-order valence-electron chi connectivity index (χ3n) is 5.34. The van der Waals surface area contributed by atoms with Crippen LogP contribution in [0.5, 0.6) is 11.5 Å². The second-order valence-corrected chi connectivity index (χ2v) is 8.01. The highest BCUT2D eigenvalue weighted by Crippen LogP contribution is 2.23. The van der Waals surface area contributed by atoms with Gasteiger partial charge in [-0.05, 0) is 53.8 Å². The summed E-state index contributed by atoms with van der Waals surface area (Å²) in [4.78, 5) is 15.3. The van der Waals surface area contributed by atoms with E-state index in [1.54, 1.807) is 17.8 Å². The number of allylic oxidation sites excluding steroid dienone is 2. The van der Waals surface area contributed by atoms with Crippen molar-refractivity contribution in [3.63, 3.8) is 0 Å². The number of rotatable bonds is 9. The Balaban J connectivity index is 1.34. The van der Waals surface area contributed by atoms with Crippen LogP contribution in [0.25, 0.3) is 16.8 Å². The summed E-state index contributed by atoms with van der Waals surface area (Å²) in [5.41, 5.74) is 5.42. The predicted octanol–water partition coefficient (Wildman–Crippen LogP) is 5.86. The standard InChI is InChI=1S/C29H26N2O4/c1-21(6-13-29(32)31-33)16-25-4-2-3-5-28(25)35-20-23-9-7-22(8-10-23)19-34-27-12-11-24-14-15-30-18-26(24)17-27/h2-18,33H,19-20H2,1H3,(H,31,32)/b13-6+,21-16+. The number of nitrogens with one attached hydrogen (secondary N) is 1. The van der Waals surface area contributed by atoms with Gasteiger partial charge in [-0.1, -0.05) is 60.2 Å². The smallest absolute Gasteiger partial charge is 0.267 e. The van der Waals surface area contributed by atoms with E-state index in [4.69, 9.17) is 14.7 Å². The highest BCUT2D eigenvalue weighted by molar-refractivity contribution is 5.87. The van der Waals surface area contributed by atoms with Crippen molar-refractivity contribution >= 4 is 22.8 Å². The summed E-state index contributed by atoms with van der Waals surface area (Å²) in [7, 11) is 0. The van der Waals surface area contributed by atoms with E-state index in [1.807, 2.05) is 92.0 Å². The molecule has 0 atom stereocenters. The molecule has 6 nitrogen and oxygen atoms in total. The lowest BCUT2D eigenvalue weighted by molar-refractivity contribution is -0.124. The van der Waals surface area contributed by atoms with Crippen LogP contribution >= 0.6 is 0 Å². The summed E-state index contributed by atoms with van der Waals surface area (Å²) in [6.07, 6.45) is 8.41. The molecule has 0 saturated heterocycles. The SMILES string of the molecule is CC(/C=C/C(=O)NO)=C\c1ccccc1OCc1ccc(COc2ccc3ccncc3c2)cc1. The van der Waals surface area contributed by atoms with Crippen molar-refractivity contribution < 1.29 is 19.5 Å². The van der Waals surface area contributed by atoms with Gasteiger partial charge >= 0.3 is 0 Å². The first-order valence-corrected chi connectivity index (χ1v) is 11.2. The molecule has 4 aromatic rings. The van der Waals surface area contributed by atoms with Gasteiger partial charge < -0.3 is 9.47 Å². The van der Waals surface area contributed by atoms with Gasteiger partial charge in [0.15, 0.2) is 0 Å². The van der Waals surface area contributed by atoms with E-state index in [-0.39, 0.29) is 0 Å². The molecular formula is C29H26N2O4. The van der Waals surface area contributed by atoms with Crippen LogP contribution in [0.1, 0.15) is 23.6 Å². The zero-order valence-electron chi connectivity index (χ0n) is 19.3. The van der Waals surface area contributed by atoms with Crippen LogP contribution in [0.2, 0.25) is 0 Å². The van der Waals surface area contributed by atoms with E-state index in [0.717, 1.165) is 44.5 Å². The molecule has 0 spiro atoms. The largest absolute Gasteiger partial charge is 0.489 e. The Morgan fingerprint density at radius 3 is 2.43 bits per heavy atom. The number of hydrogen-bond acceptors (Lipinski definition) is 5. The normalized spacial score (nSPS) is 11.5. The fourth-order valence-corrected chi connectivity index (χ4v) is 3.48. The number of benzene rings is 3. The fourth-order valence-electron chi connectivity index (χ4n) is 3.48. The van der Waals surface area contributed by atoms with Gasteiger partial charge in [-0.15, -0.1) is 0 Å². The molecule has 0 unspecified atom stereocenters. The van der Waals surface area contributed by atoms with Crippen LogP contribution in [0.15, 0.2) is 103 Å². The minimum absolute atomic E-state index is 0.422. The number of aromatic nitrogens is 1. The first-order valence-electron chi connectivity index (χ1n) is 11.2. The number of carbonyl (C=O) groups is 1. The lowest BCUT2D eigenvalue weighted by Crippen LogP contribution is -2.14. The molecule has 4 rings (SSSR count). The monoisotopic (exact) mass is 466 g/mol. The van der Waals surface area contributed by atoms with Crippen molar-refractivity contribution in [2.24, 2.45) is 0 Å². The summed E-state index contributed by atoms with van der Waals surface area (Å²) >= 11 is 0. The van der Waals surface area contributed by atoms with E-state index < -0.39 is 5.91 Å². The van der Waals surface area contributed by atoms with Crippen molar-refractivity contribution in [3.05, 3.63) is 120 Å². The van der Waals surface area contributed by atoms with Gasteiger partial charge in [0.05, 0.1) is 0 Å². The molecule has 3 aromatic carbocycles. The lowest BCUT2D eigenvalue weighted by atomic mass is 10.1. The van der Waals surface area contributed by atoms with Crippen LogP contribution in [0.3, 0.4) is 0 Å². The molecule has 0 bridgehead atoms. The molecule has 1 amide bonds. The Morgan fingerprint density at radius 2 is 1.66 bits per heavy atom. The van der Waals surface area contributed by atoms with Gasteiger partial charge in [-0.3, -0.25) is 15.0 Å². The van der Waals surface area contributed by atoms with Crippen LogP contribution < -0.4 is 15.0 Å². The molecule has 0 saturated carbocycles. The minimum Gasteiger partial charge on any atom is -0.489 e. The molecule has 1 aromatic heterocycles. The first kappa shape index (κ1) is 23.7. The molecule has 0 radical (unpaired) electrons. The van der Waals surface area contributed by atoms with Crippen LogP contribution in [-0.4, -0.2) is 16.1 Å². The molecule has 176 valence electrons. The van der Waals surface area contributed by atoms with Crippen LogP contribution in [-0.2, 0) is 18.0 Å². The first-order chi connectivity index (χ1) is 17.1. The molecule has 35 heavy (non-hydrogen) atoms. The molecule has 2 N–H and O–H groups in total. The zero-order chi connectivity index (χ0) is 24.5. The predicted molar refractivity (Wildman–Crippen MR) is 136 cm³/mol. The Kier molecular flexibility index (Phi) is 7.88. The fraction of sp³-hybridized carbons (Fsp3) is 0.103. The van der Waals surface area contributed by atoms with Crippen molar-refractivity contribution in [1.29, 1.82) is 0 Å². The number of ether oxygens (including phenoxy) is 2.